The summed E-state index contributed by atoms with van der Waals surface area (Å²) in [5.41, 5.74) is 0.240. The third-order valence-electron chi connectivity index (χ3n) is 2.79. The molecule has 3 aromatic heterocycles. The van der Waals surface area contributed by atoms with Crippen LogP contribution in [0, 0.1) is 6.92 Å². The summed E-state index contributed by atoms with van der Waals surface area (Å²) in [4.78, 5) is 20.0. The molecule has 0 aliphatic rings. The maximum absolute atomic E-state index is 12.0. The molecule has 2 N–H and O–H groups in total. The molecule has 0 spiro atoms. The van der Waals surface area contributed by atoms with Crippen molar-refractivity contribution in [2.75, 3.05) is 5.32 Å². The van der Waals surface area contributed by atoms with Crippen LogP contribution in [0.4, 0.5) is 11.6 Å². The minimum Gasteiger partial charge on any atom is -0.467 e. The molecule has 0 saturated heterocycles. The highest BCUT2D eigenvalue weighted by molar-refractivity contribution is 5.92. The third-order valence-corrected chi connectivity index (χ3v) is 2.79. The van der Waals surface area contributed by atoms with Gasteiger partial charge in [-0.1, -0.05) is 5.16 Å². The Morgan fingerprint density at radius 2 is 2.18 bits per heavy atom. The van der Waals surface area contributed by atoms with Crippen molar-refractivity contribution in [1.29, 1.82) is 0 Å². The van der Waals surface area contributed by atoms with Crippen molar-refractivity contribution in [3.05, 3.63) is 54.1 Å². The Kier molecular flexibility index (Phi) is 3.82. The first-order chi connectivity index (χ1) is 10.7. The van der Waals surface area contributed by atoms with Crippen LogP contribution < -0.4 is 10.6 Å². The van der Waals surface area contributed by atoms with Gasteiger partial charge < -0.3 is 19.6 Å². The van der Waals surface area contributed by atoms with Gasteiger partial charge in [0.2, 0.25) is 0 Å². The zero-order valence-corrected chi connectivity index (χ0v) is 11.7. The van der Waals surface area contributed by atoms with E-state index in [0.717, 1.165) is 0 Å². The highest BCUT2D eigenvalue weighted by Crippen LogP contribution is 2.14. The van der Waals surface area contributed by atoms with Crippen molar-refractivity contribution in [1.82, 2.24) is 20.4 Å². The molecule has 0 aliphatic carbocycles. The fraction of sp³-hybridized carbons (Fsp3) is 0.143. The van der Waals surface area contributed by atoms with Gasteiger partial charge in [0.25, 0.3) is 5.91 Å². The molecule has 3 aromatic rings. The summed E-state index contributed by atoms with van der Waals surface area (Å²) in [6.07, 6.45) is 2.85. The number of nitrogens with one attached hydrogen (secondary N) is 2. The van der Waals surface area contributed by atoms with Crippen molar-refractivity contribution in [2.45, 2.75) is 13.5 Å². The van der Waals surface area contributed by atoms with Gasteiger partial charge in [-0.25, -0.2) is 9.97 Å². The summed E-state index contributed by atoms with van der Waals surface area (Å²) in [6.45, 7) is 2.08. The summed E-state index contributed by atoms with van der Waals surface area (Å²) in [5.74, 6) is 1.98. The minimum absolute atomic E-state index is 0.240. The summed E-state index contributed by atoms with van der Waals surface area (Å²) in [6, 6.07) is 6.79. The van der Waals surface area contributed by atoms with E-state index in [1.807, 2.05) is 0 Å². The number of aromatic nitrogens is 3. The number of amides is 1. The predicted octanol–water partition coefficient (Wildman–Crippen LogP) is 2.04. The van der Waals surface area contributed by atoms with E-state index in [0.29, 0.717) is 29.7 Å². The van der Waals surface area contributed by atoms with Crippen LogP contribution >= 0.6 is 0 Å². The van der Waals surface area contributed by atoms with Crippen LogP contribution in [-0.4, -0.2) is 21.0 Å². The van der Waals surface area contributed by atoms with Crippen molar-refractivity contribution in [2.24, 2.45) is 0 Å². The molecular formula is C14H13N5O3. The quantitative estimate of drug-likeness (QED) is 0.742. The number of rotatable bonds is 5. The molecule has 0 aromatic carbocycles. The van der Waals surface area contributed by atoms with Gasteiger partial charge in [-0.05, 0) is 19.1 Å². The molecule has 0 unspecified atom stereocenters. The van der Waals surface area contributed by atoms with E-state index in [2.05, 4.69) is 25.8 Å². The SMILES string of the molecule is Cc1cc(Nc2cc(C(=O)NCc3ccco3)ncn2)no1. The lowest BCUT2D eigenvalue weighted by molar-refractivity contribution is 0.0943. The highest BCUT2D eigenvalue weighted by Gasteiger charge is 2.10. The smallest absolute Gasteiger partial charge is 0.270 e. The molecule has 0 fully saturated rings. The molecule has 3 heterocycles. The van der Waals surface area contributed by atoms with Crippen LogP contribution in [-0.2, 0) is 6.54 Å². The first kappa shape index (κ1) is 13.8. The molecule has 0 bridgehead atoms. The lowest BCUT2D eigenvalue weighted by Gasteiger charge is -2.05. The van der Waals surface area contributed by atoms with E-state index in [1.165, 1.54) is 12.4 Å². The third kappa shape index (κ3) is 3.29. The zero-order valence-electron chi connectivity index (χ0n) is 11.7. The second-order valence-corrected chi connectivity index (χ2v) is 4.50. The van der Waals surface area contributed by atoms with E-state index in [4.69, 9.17) is 8.94 Å². The first-order valence-corrected chi connectivity index (χ1v) is 6.54. The fourth-order valence-electron chi connectivity index (χ4n) is 1.78. The Hall–Kier alpha value is -3.16. The Bertz CT molecular complexity index is 766. The molecule has 1 amide bonds. The monoisotopic (exact) mass is 299 g/mol. The van der Waals surface area contributed by atoms with E-state index < -0.39 is 0 Å². The number of carbonyl (C=O) groups excluding carboxylic acids is 1. The Balaban J connectivity index is 1.66. The number of nitrogens with zero attached hydrogens (tertiary/aromatic N) is 3. The van der Waals surface area contributed by atoms with Crippen molar-refractivity contribution < 1.29 is 13.7 Å². The van der Waals surface area contributed by atoms with E-state index in [-0.39, 0.29) is 11.6 Å². The number of anilines is 2. The molecule has 0 atom stereocenters. The van der Waals surface area contributed by atoms with Gasteiger partial charge >= 0.3 is 0 Å². The van der Waals surface area contributed by atoms with Gasteiger partial charge in [0.1, 0.15) is 29.4 Å². The first-order valence-electron chi connectivity index (χ1n) is 6.54. The van der Waals surface area contributed by atoms with E-state index in [9.17, 15) is 4.79 Å². The van der Waals surface area contributed by atoms with Crippen molar-refractivity contribution >= 4 is 17.5 Å². The van der Waals surface area contributed by atoms with Crippen LogP contribution in [0.1, 0.15) is 22.0 Å². The molecule has 22 heavy (non-hydrogen) atoms. The van der Waals surface area contributed by atoms with Crippen LogP contribution in [0.25, 0.3) is 0 Å². The number of furan rings is 1. The molecule has 0 saturated carbocycles. The fourth-order valence-corrected chi connectivity index (χ4v) is 1.78. The maximum Gasteiger partial charge on any atom is 0.270 e. The summed E-state index contributed by atoms with van der Waals surface area (Å²) in [7, 11) is 0. The van der Waals surface area contributed by atoms with Crippen molar-refractivity contribution in [3.63, 3.8) is 0 Å². The van der Waals surface area contributed by atoms with Crippen LogP contribution in [0.3, 0.4) is 0 Å². The zero-order chi connectivity index (χ0) is 15.4. The van der Waals surface area contributed by atoms with Gasteiger partial charge in [-0.15, -0.1) is 0 Å². The molecule has 112 valence electrons. The van der Waals surface area contributed by atoms with Crippen molar-refractivity contribution in [3.8, 4) is 0 Å². The van der Waals surface area contributed by atoms with Gasteiger partial charge in [0, 0.05) is 12.1 Å². The molecule has 8 heteroatoms. The lowest BCUT2D eigenvalue weighted by Crippen LogP contribution is -2.23. The second kappa shape index (κ2) is 6.08. The highest BCUT2D eigenvalue weighted by atomic mass is 16.5. The summed E-state index contributed by atoms with van der Waals surface area (Å²) >= 11 is 0. The van der Waals surface area contributed by atoms with Crippen LogP contribution in [0.5, 0.6) is 0 Å². The molecular weight excluding hydrogens is 286 g/mol. The molecule has 0 radical (unpaired) electrons. The number of hydrogen-bond donors (Lipinski definition) is 2. The van der Waals surface area contributed by atoms with Gasteiger partial charge in [0.05, 0.1) is 12.8 Å². The predicted molar refractivity (Wildman–Crippen MR) is 76.4 cm³/mol. The maximum atomic E-state index is 12.0. The molecule has 0 aliphatic heterocycles. The average molecular weight is 299 g/mol. The largest absolute Gasteiger partial charge is 0.467 e. The normalized spacial score (nSPS) is 10.4. The Morgan fingerprint density at radius 3 is 2.91 bits per heavy atom. The summed E-state index contributed by atoms with van der Waals surface area (Å²) < 4.78 is 10.1. The molecule has 8 nitrogen and oxygen atoms in total. The van der Waals surface area contributed by atoms with Crippen LogP contribution in [0.2, 0.25) is 0 Å². The Labute approximate surface area is 125 Å². The average Bonchev–Trinajstić information content (AvgIpc) is 3.17. The van der Waals surface area contributed by atoms with Gasteiger partial charge in [-0.2, -0.15) is 0 Å². The number of hydrogen-bond acceptors (Lipinski definition) is 7. The van der Waals surface area contributed by atoms with E-state index in [1.54, 1.807) is 31.4 Å². The van der Waals surface area contributed by atoms with Crippen LogP contribution in [0.15, 0.2) is 45.8 Å². The van der Waals surface area contributed by atoms with E-state index >= 15 is 0 Å². The molecule has 3 rings (SSSR count). The number of aryl methyl sites for hydroxylation is 1. The number of carbonyl (C=O) groups is 1. The lowest BCUT2D eigenvalue weighted by atomic mass is 10.3. The summed E-state index contributed by atoms with van der Waals surface area (Å²) in [5, 5.41) is 9.44. The minimum atomic E-state index is -0.321. The van der Waals surface area contributed by atoms with Gasteiger partial charge in [-0.3, -0.25) is 4.79 Å². The Morgan fingerprint density at radius 1 is 1.27 bits per heavy atom. The second-order valence-electron chi connectivity index (χ2n) is 4.50. The topological polar surface area (TPSA) is 106 Å². The standard InChI is InChI=1S/C14H13N5O3/c1-9-5-13(19-22-9)18-12-6-11(16-8-17-12)14(20)15-7-10-3-2-4-21-10/h2-6,8H,7H2,1H3,(H,15,20)(H,16,17,18,19). The van der Waals surface area contributed by atoms with Gasteiger partial charge in [0.15, 0.2) is 5.82 Å².